The number of carboxylic acids is 4. The summed E-state index contributed by atoms with van der Waals surface area (Å²) in [5.74, 6) is -3.73. The molecule has 0 heterocycles. The third kappa shape index (κ3) is 58.5. The molecule has 2 N–H and O–H groups in total. The summed E-state index contributed by atoms with van der Waals surface area (Å²) in [6.07, 6.45) is 6.07. The summed E-state index contributed by atoms with van der Waals surface area (Å²) < 4.78 is 0. The summed E-state index contributed by atoms with van der Waals surface area (Å²) in [6.45, 7) is 13.3. The normalized spacial score (nSPS) is 8.14. The van der Waals surface area contributed by atoms with E-state index in [1.54, 1.807) is 0 Å². The number of carbonyl (C=O) groups excluding carboxylic acids is 2. The van der Waals surface area contributed by atoms with Crippen LogP contribution in [0, 0.1) is 0 Å². The zero-order valence-corrected chi connectivity index (χ0v) is 21.1. The first-order valence-corrected chi connectivity index (χ1v) is 9.00. The Kier molecular flexibility index (Phi) is 36.7. The predicted octanol–water partition coefficient (Wildman–Crippen LogP) is 1.92. The van der Waals surface area contributed by atoms with E-state index in [0.29, 0.717) is 0 Å². The quantitative estimate of drug-likeness (QED) is 0.280. The summed E-state index contributed by atoms with van der Waals surface area (Å²) in [5, 5.41) is 35.3. The fraction of sp³-hybridized carbons (Fsp3) is 0.600. The average molecular weight is 468 g/mol. The molecule has 0 aromatic heterocycles. The summed E-state index contributed by atoms with van der Waals surface area (Å²) >= 11 is 0. The van der Waals surface area contributed by atoms with Crippen LogP contribution < -0.4 is 10.2 Å². The van der Waals surface area contributed by atoms with Crippen LogP contribution in [0.25, 0.3) is 0 Å². The second-order valence-corrected chi connectivity index (χ2v) is 5.83. The molecule has 0 aromatic rings. The van der Waals surface area contributed by atoms with Crippen molar-refractivity contribution in [1.82, 2.24) is 0 Å². The Balaban J connectivity index is -0.0000000881. The van der Waals surface area contributed by atoms with Gasteiger partial charge in [-0.1, -0.05) is 52.7 Å². The standard InChI is InChI=1S/2C6H12O2.2C4H6O2.Zn/c2*1-2-3-4-5-6(7)8;2*1-3(2)4(5)6;/h2*2-5H2,1H3,(H,7,8);2*1H2,2H3,(H,5,6);/q;;;;+2/p-2. The van der Waals surface area contributed by atoms with Crippen LogP contribution in [0.4, 0.5) is 0 Å². The van der Waals surface area contributed by atoms with Gasteiger partial charge in [0.05, 0.1) is 0 Å². The van der Waals surface area contributed by atoms with Gasteiger partial charge in [0.2, 0.25) is 0 Å². The van der Waals surface area contributed by atoms with Crippen molar-refractivity contribution in [3.63, 3.8) is 0 Å². The molecule has 0 aliphatic rings. The van der Waals surface area contributed by atoms with Crippen molar-refractivity contribution in [2.75, 3.05) is 0 Å². The molecule has 0 rings (SSSR count). The fourth-order valence-electron chi connectivity index (χ4n) is 1.04. The maximum atomic E-state index is 9.76. The van der Waals surface area contributed by atoms with Gasteiger partial charge in [-0.3, -0.25) is 0 Å². The minimum Gasteiger partial charge on any atom is -0.550 e. The molecule has 0 atom stereocenters. The van der Waals surface area contributed by atoms with Gasteiger partial charge in [-0.2, -0.15) is 0 Å². The molecule has 0 aliphatic carbocycles. The van der Waals surface area contributed by atoms with Crippen LogP contribution in [-0.4, -0.2) is 34.1 Å². The van der Waals surface area contributed by atoms with Gasteiger partial charge in [-0.15, -0.1) is 0 Å². The molecule has 0 spiro atoms. The molecular formula is C20H34O8Zn. The second-order valence-electron chi connectivity index (χ2n) is 5.83. The monoisotopic (exact) mass is 466 g/mol. The molecule has 0 saturated carbocycles. The first-order valence-electron chi connectivity index (χ1n) is 9.00. The Hall–Kier alpha value is -2.02. The minimum atomic E-state index is -0.935. The van der Waals surface area contributed by atoms with Crippen molar-refractivity contribution < 1.29 is 59.1 Å². The van der Waals surface area contributed by atoms with Gasteiger partial charge in [0, 0.05) is 23.1 Å². The van der Waals surface area contributed by atoms with Crippen LogP contribution >= 0.6 is 0 Å². The summed E-state index contributed by atoms with van der Waals surface area (Å²) in [7, 11) is 0. The van der Waals surface area contributed by atoms with Gasteiger partial charge in [0.1, 0.15) is 0 Å². The first kappa shape index (κ1) is 37.7. The number of hydrogen-bond acceptors (Lipinski definition) is 6. The maximum absolute atomic E-state index is 9.76. The number of hydrogen-bond donors (Lipinski definition) is 2. The zero-order valence-electron chi connectivity index (χ0n) is 18.1. The van der Waals surface area contributed by atoms with Crippen LogP contribution in [0.15, 0.2) is 24.3 Å². The predicted molar refractivity (Wildman–Crippen MR) is 103 cm³/mol. The SMILES string of the molecule is C=C(C)C(=O)O.C=C(C)C(=O)O.CCCCCC(=O)[O-].CCCCCC(=O)[O-].[Zn+2]. The minimum absolute atomic E-state index is 0. The van der Waals surface area contributed by atoms with Crippen molar-refractivity contribution in [3.05, 3.63) is 24.3 Å². The van der Waals surface area contributed by atoms with Gasteiger partial charge in [0.15, 0.2) is 0 Å². The van der Waals surface area contributed by atoms with Crippen molar-refractivity contribution in [3.8, 4) is 0 Å². The Morgan fingerprint density at radius 2 is 0.897 bits per heavy atom. The third-order valence-electron chi connectivity index (χ3n) is 2.70. The molecule has 8 nitrogen and oxygen atoms in total. The van der Waals surface area contributed by atoms with Crippen molar-refractivity contribution in [2.45, 2.75) is 79.1 Å². The van der Waals surface area contributed by atoms with E-state index in [0.717, 1.165) is 38.5 Å². The Morgan fingerprint density at radius 1 is 0.690 bits per heavy atom. The molecule has 29 heavy (non-hydrogen) atoms. The molecule has 9 heteroatoms. The summed E-state index contributed by atoms with van der Waals surface area (Å²) in [5.41, 5.74) is 0.352. The van der Waals surface area contributed by atoms with E-state index in [4.69, 9.17) is 10.2 Å². The Labute approximate surface area is 186 Å². The second kappa shape index (κ2) is 28.2. The molecule has 0 saturated heterocycles. The van der Waals surface area contributed by atoms with E-state index in [1.807, 2.05) is 13.8 Å². The largest absolute Gasteiger partial charge is 2.00 e. The molecule has 0 amide bonds. The van der Waals surface area contributed by atoms with E-state index in [1.165, 1.54) is 13.8 Å². The fourth-order valence-corrected chi connectivity index (χ4v) is 1.04. The van der Waals surface area contributed by atoms with Gasteiger partial charge < -0.3 is 30.0 Å². The Bertz CT molecular complexity index is 419. The third-order valence-corrected chi connectivity index (χ3v) is 2.70. The van der Waals surface area contributed by atoms with E-state index in [9.17, 15) is 29.4 Å². The van der Waals surface area contributed by atoms with Crippen LogP contribution in [0.2, 0.25) is 0 Å². The van der Waals surface area contributed by atoms with Crippen molar-refractivity contribution >= 4 is 23.9 Å². The molecule has 0 aromatic carbocycles. The topological polar surface area (TPSA) is 155 Å². The summed E-state index contributed by atoms with van der Waals surface area (Å²) in [6, 6.07) is 0. The van der Waals surface area contributed by atoms with Gasteiger partial charge in [-0.05, 0) is 39.5 Å². The van der Waals surface area contributed by atoms with E-state index in [-0.39, 0.29) is 43.5 Å². The van der Waals surface area contributed by atoms with E-state index >= 15 is 0 Å². The van der Waals surface area contributed by atoms with Crippen LogP contribution in [-0.2, 0) is 38.7 Å². The van der Waals surface area contributed by atoms with Crippen LogP contribution in [0.5, 0.6) is 0 Å². The summed E-state index contributed by atoms with van der Waals surface area (Å²) in [4.78, 5) is 38.7. The number of rotatable bonds is 10. The molecule has 0 aliphatic heterocycles. The molecular weight excluding hydrogens is 434 g/mol. The number of carbonyl (C=O) groups is 4. The van der Waals surface area contributed by atoms with E-state index in [2.05, 4.69) is 13.2 Å². The molecule has 0 fully saturated rings. The molecule has 0 bridgehead atoms. The smallest absolute Gasteiger partial charge is 0.550 e. The van der Waals surface area contributed by atoms with Crippen LogP contribution in [0.1, 0.15) is 79.1 Å². The number of carboxylic acid groups (broad SMARTS) is 4. The average Bonchev–Trinajstić information content (AvgIpc) is 2.56. The van der Waals surface area contributed by atoms with E-state index < -0.39 is 23.9 Å². The van der Waals surface area contributed by atoms with Crippen molar-refractivity contribution in [2.24, 2.45) is 0 Å². The first-order chi connectivity index (χ1) is 12.8. The Morgan fingerprint density at radius 3 is 1.00 bits per heavy atom. The van der Waals surface area contributed by atoms with Crippen molar-refractivity contribution in [1.29, 1.82) is 0 Å². The molecule has 164 valence electrons. The molecule has 0 unspecified atom stereocenters. The van der Waals surface area contributed by atoms with Gasteiger partial charge in [-0.25, -0.2) is 9.59 Å². The number of unbranched alkanes of at least 4 members (excludes halogenated alkanes) is 4. The number of aliphatic carboxylic acids is 4. The van der Waals surface area contributed by atoms with Gasteiger partial charge >= 0.3 is 31.4 Å². The molecule has 0 radical (unpaired) electrons. The zero-order chi connectivity index (χ0) is 23.1. The maximum Gasteiger partial charge on any atom is 2.00 e. The van der Waals surface area contributed by atoms with Gasteiger partial charge in [0.25, 0.3) is 0 Å². The van der Waals surface area contributed by atoms with Crippen LogP contribution in [0.3, 0.4) is 0 Å².